The zero-order valence-electron chi connectivity index (χ0n) is 66.4. The van der Waals surface area contributed by atoms with Crippen molar-refractivity contribution >= 4 is 53.7 Å². The quantitative estimate of drug-likeness (QED) is 0.0352. The van der Waals surface area contributed by atoms with Crippen molar-refractivity contribution in [2.75, 3.05) is 54.6 Å². The number of rotatable bonds is 32. The van der Waals surface area contributed by atoms with Crippen LogP contribution in [0, 0.1) is 10.8 Å². The van der Waals surface area contributed by atoms with Crippen LogP contribution in [-0.4, -0.2) is 189 Å². The highest BCUT2D eigenvalue weighted by Gasteiger charge is 2.44. The van der Waals surface area contributed by atoms with Crippen LogP contribution in [-0.2, 0) is 107 Å². The van der Waals surface area contributed by atoms with Crippen molar-refractivity contribution in [3.05, 3.63) is 143 Å². The van der Waals surface area contributed by atoms with Gasteiger partial charge in [0.25, 0.3) is 11.8 Å². The fraction of sp³-hybridized carbons (Fsp3) is 0.602. The third-order valence-electron chi connectivity index (χ3n) is 18.2. The number of amides is 3. The Balaban J connectivity index is 0.000000387. The summed E-state index contributed by atoms with van der Waals surface area (Å²) in [6.45, 7) is 27.2. The number of carbonyl (C=O) groups is 9. The predicted octanol–water partition coefficient (Wildman–Crippen LogP) is 13.0. The third-order valence-corrected chi connectivity index (χ3v) is 18.2. The van der Waals surface area contributed by atoms with Crippen LogP contribution >= 0.6 is 0 Å². The summed E-state index contributed by atoms with van der Waals surface area (Å²) >= 11 is 0. The van der Waals surface area contributed by atoms with Crippen molar-refractivity contribution in [1.29, 1.82) is 0 Å². The topological polar surface area (TPSA) is 258 Å². The van der Waals surface area contributed by atoms with Crippen LogP contribution in [0.15, 0.2) is 109 Å². The number of benzene rings is 4. The first-order valence-electron chi connectivity index (χ1n) is 37.0. The van der Waals surface area contributed by atoms with Crippen LogP contribution in [0.2, 0.25) is 0 Å². The summed E-state index contributed by atoms with van der Waals surface area (Å²) in [5.41, 5.74) is -0.212. The van der Waals surface area contributed by atoms with Crippen LogP contribution in [0.25, 0.3) is 0 Å². The highest BCUT2D eigenvalue weighted by molar-refractivity contribution is 5.92. The first-order valence-corrected chi connectivity index (χ1v) is 37.0. The molecule has 22 nitrogen and oxygen atoms in total. The van der Waals surface area contributed by atoms with Gasteiger partial charge in [-0.1, -0.05) is 151 Å². The van der Waals surface area contributed by atoms with E-state index in [0.717, 1.165) is 57.7 Å². The summed E-state index contributed by atoms with van der Waals surface area (Å²) in [5.74, 6) is -5.61. The Hall–Kier alpha value is -8.35. The van der Waals surface area contributed by atoms with E-state index >= 15 is 4.39 Å². The second-order valence-electron chi connectivity index (χ2n) is 32.6. The summed E-state index contributed by atoms with van der Waals surface area (Å²) in [5, 5.41) is 2.80. The lowest BCUT2D eigenvalue weighted by Crippen LogP contribution is -2.53. The lowest BCUT2D eigenvalue weighted by atomic mass is 9.87. The first kappa shape index (κ1) is 89.3. The van der Waals surface area contributed by atoms with Gasteiger partial charge in [-0.15, -0.1) is 0 Å². The molecule has 592 valence electrons. The van der Waals surface area contributed by atoms with Crippen LogP contribution < -0.4 is 5.32 Å². The summed E-state index contributed by atoms with van der Waals surface area (Å²) in [6.07, 6.45) is -2.99. The molecule has 8 atom stereocenters. The molecule has 107 heavy (non-hydrogen) atoms. The number of nitrogens with one attached hydrogen (secondary N) is 1. The van der Waals surface area contributed by atoms with Crippen LogP contribution in [0.1, 0.15) is 200 Å². The Morgan fingerprint density at radius 2 is 0.776 bits per heavy atom. The Morgan fingerprint density at radius 1 is 0.439 bits per heavy atom. The lowest BCUT2D eigenvalue weighted by Gasteiger charge is -2.35. The molecule has 2 aliphatic rings. The Labute approximate surface area is 632 Å². The summed E-state index contributed by atoms with van der Waals surface area (Å²) in [4.78, 5) is 126. The maximum absolute atomic E-state index is 15.2. The van der Waals surface area contributed by atoms with E-state index in [1.54, 1.807) is 32.9 Å². The molecule has 2 saturated heterocycles. The molecule has 2 fully saturated rings. The summed E-state index contributed by atoms with van der Waals surface area (Å²) < 4.78 is 79.9. The van der Waals surface area contributed by atoms with Gasteiger partial charge in [-0.05, 0) is 164 Å². The standard InChI is InChI=1S/C44H63FN2O10.C39H55FN2O8/c1-29(38(49)54-28-31-15-13-12-14-16-31)55-39(50)34(26-42(2,3)4)46(10)37(48)36(25-30-17-19-32(20-18-30)33-21-23-53-24-22-33)56-40(51)35(27-44(8,9)45)47(11)41(52)57-43(5,6)7;1-26(35(44)48-25-28-12-10-9-11-13-28)49-37(46)32(24-38(2,3)4)42(8)34(43)33(50-36(45)31(41-7)23-39(5,6)40)22-27-14-16-29(17-15-27)30-18-20-47-21-19-30/h12-20,29,33-36H,21-28H2,1-11H3;9-17,26,30-33,41H,18-25H2,1-8H3/t29-,34+,35+,36-;26-,31+,32+,33-/m11/s1. The lowest BCUT2D eigenvalue weighted by molar-refractivity contribution is -0.174. The zero-order chi connectivity index (χ0) is 79.8. The van der Waals surface area contributed by atoms with E-state index in [2.05, 4.69) is 5.32 Å². The number of hydrogen-bond acceptors (Lipinski definition) is 19. The molecule has 0 spiro atoms. The highest BCUT2D eigenvalue weighted by Crippen LogP contribution is 2.33. The van der Waals surface area contributed by atoms with Crippen molar-refractivity contribution in [1.82, 2.24) is 20.0 Å². The van der Waals surface area contributed by atoms with E-state index < -0.39 is 136 Å². The molecule has 24 heteroatoms. The largest absolute Gasteiger partial charge is 0.458 e. The van der Waals surface area contributed by atoms with Crippen LogP contribution in [0.3, 0.4) is 0 Å². The second-order valence-corrected chi connectivity index (χ2v) is 32.6. The number of esters is 6. The number of halogens is 2. The van der Waals surface area contributed by atoms with Gasteiger partial charge in [0.2, 0.25) is 0 Å². The van der Waals surface area contributed by atoms with Crippen LogP contribution in [0.5, 0.6) is 0 Å². The molecule has 6 rings (SSSR count). The molecular formula is C83H118F2N4O18. The van der Waals surface area contributed by atoms with Gasteiger partial charge in [-0.25, -0.2) is 37.5 Å². The number of hydrogen-bond donors (Lipinski definition) is 1. The number of alkyl halides is 2. The van der Waals surface area contributed by atoms with Gasteiger partial charge in [0.1, 0.15) is 54.3 Å². The van der Waals surface area contributed by atoms with Gasteiger partial charge in [-0.3, -0.25) is 19.3 Å². The Kier molecular flexibility index (Phi) is 34.0. The molecule has 0 saturated carbocycles. The minimum Gasteiger partial charge on any atom is -0.458 e. The van der Waals surface area contributed by atoms with Gasteiger partial charge in [0.15, 0.2) is 24.4 Å². The van der Waals surface area contributed by atoms with E-state index in [0.29, 0.717) is 43.8 Å². The average molecular weight is 1500 g/mol. The van der Waals surface area contributed by atoms with E-state index in [1.165, 1.54) is 80.2 Å². The maximum atomic E-state index is 15.2. The molecule has 2 heterocycles. The molecule has 4 aromatic carbocycles. The minimum atomic E-state index is -1.92. The van der Waals surface area contributed by atoms with Gasteiger partial charge >= 0.3 is 41.9 Å². The van der Waals surface area contributed by atoms with E-state index in [9.17, 15) is 47.5 Å². The van der Waals surface area contributed by atoms with Crippen molar-refractivity contribution < 1.29 is 94.6 Å². The molecule has 0 aliphatic carbocycles. The Morgan fingerprint density at radius 3 is 1.10 bits per heavy atom. The van der Waals surface area contributed by atoms with Crippen molar-refractivity contribution in [3.8, 4) is 0 Å². The van der Waals surface area contributed by atoms with Crippen molar-refractivity contribution in [2.24, 2.45) is 10.8 Å². The Bertz CT molecular complexity index is 3500. The van der Waals surface area contributed by atoms with Crippen molar-refractivity contribution in [2.45, 2.75) is 259 Å². The maximum Gasteiger partial charge on any atom is 0.410 e. The number of ether oxygens (including phenoxy) is 9. The monoisotopic (exact) mass is 1500 g/mol. The van der Waals surface area contributed by atoms with Gasteiger partial charge < -0.3 is 57.7 Å². The molecule has 1 N–H and O–H groups in total. The smallest absolute Gasteiger partial charge is 0.410 e. The fourth-order valence-corrected chi connectivity index (χ4v) is 12.2. The predicted molar refractivity (Wildman–Crippen MR) is 401 cm³/mol. The summed E-state index contributed by atoms with van der Waals surface area (Å²) in [6, 6.07) is 28.9. The van der Waals surface area contributed by atoms with Crippen LogP contribution in [0.4, 0.5) is 13.6 Å². The van der Waals surface area contributed by atoms with Gasteiger partial charge in [0.05, 0.1) is 0 Å². The second kappa shape index (κ2) is 40.7. The average Bonchev–Trinajstić information content (AvgIpc) is 0.826. The summed E-state index contributed by atoms with van der Waals surface area (Å²) in [7, 11) is 5.69. The molecule has 4 aromatic rings. The van der Waals surface area contributed by atoms with Crippen molar-refractivity contribution in [3.63, 3.8) is 0 Å². The molecule has 3 amide bonds. The highest BCUT2D eigenvalue weighted by atomic mass is 19.1. The molecule has 0 unspecified atom stereocenters. The van der Waals surface area contributed by atoms with E-state index in [-0.39, 0.29) is 45.3 Å². The third kappa shape index (κ3) is 31.4. The van der Waals surface area contributed by atoms with Gasteiger partial charge in [0, 0.05) is 73.3 Å². The SMILES string of the molecule is CN[C@@H](CC(C)(C)F)C(=O)O[C@H](Cc1ccc(C2CCOCC2)cc1)C(=O)N(C)[C@@H](CC(C)(C)C)C(=O)O[C@H](C)C(=O)OCc1ccccc1.C[C@@H](OC(=O)[C@H](CC(C)(C)C)N(C)C(=O)[C@@H](Cc1ccc(C2CCOCC2)cc1)OC(=O)[C@H](CC(C)(C)F)N(C)C(=O)OC(C)(C)C)C(=O)OCc1ccccc1. The molecular weight excluding hydrogens is 1380 g/mol. The normalized spacial score (nSPS) is 16.2. The zero-order valence-corrected chi connectivity index (χ0v) is 66.4. The molecule has 0 bridgehead atoms. The number of carbonyl (C=O) groups excluding carboxylic acids is 9. The molecule has 2 aliphatic heterocycles. The molecule has 0 radical (unpaired) electrons. The first-order chi connectivity index (χ1) is 49.9. The number of nitrogens with zero attached hydrogens (tertiary/aromatic N) is 3. The minimum absolute atomic E-state index is 0.0155. The number of likely N-dealkylation sites (N-methyl/N-ethyl adjacent to an activating group) is 4. The fourth-order valence-electron chi connectivity index (χ4n) is 12.2. The molecule has 0 aromatic heterocycles. The van der Waals surface area contributed by atoms with E-state index in [4.69, 9.17) is 42.6 Å². The van der Waals surface area contributed by atoms with Gasteiger partial charge in [-0.2, -0.15) is 0 Å². The van der Waals surface area contributed by atoms with E-state index in [1.807, 2.05) is 139 Å².